The smallest absolute Gasteiger partial charge is 0.258 e. The van der Waals surface area contributed by atoms with E-state index in [9.17, 15) is 18.3 Å². The highest BCUT2D eigenvalue weighted by molar-refractivity contribution is 7.89. The largest absolute Gasteiger partial charge is 0.396 e. The Morgan fingerprint density at radius 2 is 1.82 bits per heavy atom. The van der Waals surface area contributed by atoms with Crippen molar-refractivity contribution in [3.05, 3.63) is 47.8 Å². The number of aromatic nitrogens is 2. The number of aliphatic hydroxyl groups is 2. The summed E-state index contributed by atoms with van der Waals surface area (Å²) in [5.74, 6) is 0.0272. The van der Waals surface area contributed by atoms with Gasteiger partial charge in [-0.15, -0.1) is 0 Å². The minimum absolute atomic E-state index is 0.0000809. The van der Waals surface area contributed by atoms with Gasteiger partial charge in [-0.2, -0.15) is 0 Å². The van der Waals surface area contributed by atoms with Gasteiger partial charge in [0, 0.05) is 44.9 Å². The fourth-order valence-electron chi connectivity index (χ4n) is 5.59. The zero-order chi connectivity index (χ0) is 28.7. The van der Waals surface area contributed by atoms with Gasteiger partial charge in [-0.25, -0.2) is 18.1 Å². The Hall–Kier alpha value is -2.99. The third-order valence-electron chi connectivity index (χ3n) is 8.29. The fourth-order valence-corrected chi connectivity index (χ4v) is 6.63. The number of hydrogen-bond acceptors (Lipinski definition) is 7. The fraction of sp³-hybridized carbons (Fsp3) is 0.517. The normalized spacial score (nSPS) is 17.0. The molecule has 11 heteroatoms. The van der Waals surface area contributed by atoms with Crippen LogP contribution in [-0.4, -0.2) is 66.9 Å². The van der Waals surface area contributed by atoms with Crippen molar-refractivity contribution in [2.24, 2.45) is 17.9 Å². The van der Waals surface area contributed by atoms with Gasteiger partial charge in [0.25, 0.3) is 5.91 Å². The van der Waals surface area contributed by atoms with Crippen LogP contribution in [-0.2, 0) is 23.5 Å². The lowest BCUT2D eigenvalue weighted by Gasteiger charge is -2.35. The first kappa shape index (κ1) is 28.5. The van der Waals surface area contributed by atoms with Gasteiger partial charge < -0.3 is 25.0 Å². The quantitative estimate of drug-likeness (QED) is 0.295. The topological polar surface area (TPSA) is 137 Å². The summed E-state index contributed by atoms with van der Waals surface area (Å²) in [5.41, 5.74) is 2.70. The van der Waals surface area contributed by atoms with Crippen molar-refractivity contribution in [1.82, 2.24) is 14.3 Å². The predicted octanol–water partition coefficient (Wildman–Crippen LogP) is 3.04. The van der Waals surface area contributed by atoms with E-state index in [0.29, 0.717) is 28.9 Å². The van der Waals surface area contributed by atoms with Gasteiger partial charge in [0.2, 0.25) is 10.0 Å². The molecule has 0 radical (unpaired) electrons. The Balaban J connectivity index is 1.48. The van der Waals surface area contributed by atoms with Gasteiger partial charge in [0.15, 0.2) is 0 Å². The molecule has 2 aliphatic rings. The molecule has 216 valence electrons. The second kappa shape index (κ2) is 10.8. The first-order valence-corrected chi connectivity index (χ1v) is 15.3. The van der Waals surface area contributed by atoms with Crippen molar-refractivity contribution in [3.8, 4) is 0 Å². The Kier molecular flexibility index (Phi) is 7.68. The lowest BCUT2D eigenvalue weighted by Crippen LogP contribution is -2.36. The van der Waals surface area contributed by atoms with E-state index < -0.39 is 15.4 Å². The van der Waals surface area contributed by atoms with Crippen LogP contribution >= 0.6 is 0 Å². The molecule has 5 rings (SSSR count). The van der Waals surface area contributed by atoms with Crippen LogP contribution in [0.4, 0.5) is 11.5 Å². The summed E-state index contributed by atoms with van der Waals surface area (Å²) in [5, 5.41) is 22.8. The highest BCUT2D eigenvalue weighted by Gasteiger charge is 2.44. The number of nitrogens with one attached hydrogen (secondary N) is 2. The molecule has 1 aromatic carbocycles. The van der Waals surface area contributed by atoms with Crippen molar-refractivity contribution < 1.29 is 23.4 Å². The molecule has 10 nitrogen and oxygen atoms in total. The molecule has 3 aromatic rings. The number of benzene rings is 1. The number of pyridine rings is 1. The lowest BCUT2D eigenvalue weighted by atomic mass is 9.88. The average molecular weight is 570 g/mol. The Morgan fingerprint density at radius 3 is 2.48 bits per heavy atom. The summed E-state index contributed by atoms with van der Waals surface area (Å²) in [6, 6.07) is 8.33. The molecule has 0 atom stereocenters. The number of rotatable bonds is 10. The number of carbonyl (C=O) groups excluding carboxylic acids is 1. The van der Waals surface area contributed by atoms with Crippen LogP contribution in [0.25, 0.3) is 10.9 Å². The van der Waals surface area contributed by atoms with E-state index in [0.717, 1.165) is 42.5 Å². The Bertz CT molecular complexity index is 1520. The zero-order valence-electron chi connectivity index (χ0n) is 23.4. The summed E-state index contributed by atoms with van der Waals surface area (Å²) >= 11 is 0. The molecule has 2 aromatic heterocycles. The summed E-state index contributed by atoms with van der Waals surface area (Å²) < 4.78 is 30.1. The monoisotopic (exact) mass is 569 g/mol. The van der Waals surface area contributed by atoms with Gasteiger partial charge in [0.05, 0.1) is 34.0 Å². The molecule has 40 heavy (non-hydrogen) atoms. The number of aliphatic hydroxyl groups excluding tert-OH is 2. The van der Waals surface area contributed by atoms with Crippen LogP contribution in [0, 0.1) is 10.8 Å². The van der Waals surface area contributed by atoms with E-state index in [1.54, 1.807) is 12.1 Å². The Morgan fingerprint density at radius 1 is 1.10 bits per heavy atom. The number of nitrogens with zero attached hydrogens (tertiary/aromatic N) is 3. The molecule has 1 saturated heterocycles. The van der Waals surface area contributed by atoms with Crippen LogP contribution in [0.2, 0.25) is 0 Å². The van der Waals surface area contributed by atoms with Crippen molar-refractivity contribution in [1.29, 1.82) is 0 Å². The number of piperidine rings is 1. The summed E-state index contributed by atoms with van der Waals surface area (Å²) in [7, 11) is -1.90. The van der Waals surface area contributed by atoms with Crippen molar-refractivity contribution in [2.75, 3.05) is 43.1 Å². The van der Waals surface area contributed by atoms with E-state index in [-0.39, 0.29) is 30.6 Å². The summed E-state index contributed by atoms with van der Waals surface area (Å²) in [6.07, 6.45) is 6.97. The molecule has 1 aliphatic carbocycles. The molecule has 2 fully saturated rings. The number of amides is 1. The molecule has 1 amide bonds. The van der Waals surface area contributed by atoms with E-state index in [4.69, 9.17) is 10.1 Å². The van der Waals surface area contributed by atoms with Gasteiger partial charge in [-0.1, -0.05) is 13.8 Å². The molecular weight excluding hydrogens is 530 g/mol. The molecule has 1 aliphatic heterocycles. The molecular formula is C29H39N5O5S. The van der Waals surface area contributed by atoms with Crippen molar-refractivity contribution in [3.63, 3.8) is 0 Å². The number of fused-ring (bicyclic) bond motifs is 1. The number of anilines is 2. The van der Waals surface area contributed by atoms with Gasteiger partial charge >= 0.3 is 0 Å². The highest BCUT2D eigenvalue weighted by atomic mass is 32.2. The van der Waals surface area contributed by atoms with E-state index in [1.165, 1.54) is 18.9 Å². The highest BCUT2D eigenvalue weighted by Crippen LogP contribution is 2.54. The Labute approximate surface area is 235 Å². The van der Waals surface area contributed by atoms with Crippen LogP contribution < -0.4 is 14.9 Å². The minimum atomic E-state index is -3.85. The van der Waals surface area contributed by atoms with Gasteiger partial charge in [0.1, 0.15) is 5.82 Å². The number of carbonyl (C=O) groups is 1. The zero-order valence-corrected chi connectivity index (χ0v) is 24.2. The third kappa shape index (κ3) is 5.88. The first-order valence-electron chi connectivity index (χ1n) is 13.8. The number of sulfonamides is 1. The molecule has 4 N–H and O–H groups in total. The molecule has 1 saturated carbocycles. The summed E-state index contributed by atoms with van der Waals surface area (Å²) in [4.78, 5) is 20.7. The second-order valence-electron chi connectivity index (χ2n) is 12.1. The van der Waals surface area contributed by atoms with Crippen LogP contribution in [0.1, 0.15) is 55.6 Å². The predicted molar refractivity (Wildman–Crippen MR) is 155 cm³/mol. The number of hydrogen-bond donors (Lipinski definition) is 4. The lowest BCUT2D eigenvalue weighted by molar-refractivity contribution is 0.102. The molecule has 3 heterocycles. The standard InChI is InChI=1S/C29H39N5O5S/c1-28(2,19-36)18-23-26-20(6-12-33(26)3)16-25(31-23)32-27(37)22-5-4-21(40(38,39)30-11-15-35)17-24(22)34-13-9-29(7-8-29)10-14-34/h4-6,12,16-17,30,35-36H,7-11,13-15,18-19H2,1-3H3,(H,31,32,37). The first-order chi connectivity index (χ1) is 19.0. The van der Waals surface area contributed by atoms with E-state index in [1.807, 2.05) is 43.8 Å². The van der Waals surface area contributed by atoms with Crippen LogP contribution in [0.3, 0.4) is 0 Å². The van der Waals surface area contributed by atoms with Crippen LogP contribution in [0.15, 0.2) is 41.4 Å². The molecule has 0 unspecified atom stereocenters. The number of aryl methyl sites for hydroxylation is 1. The summed E-state index contributed by atoms with van der Waals surface area (Å²) in [6.45, 7) is 5.05. The minimum Gasteiger partial charge on any atom is -0.396 e. The second-order valence-corrected chi connectivity index (χ2v) is 13.8. The SMILES string of the molecule is Cn1ccc2cc(NC(=O)c3ccc(S(=O)(=O)NCCO)cc3N3CCC4(CC3)CC4)nc(CC(C)(C)CO)c21. The molecule has 1 spiro atoms. The van der Waals surface area contributed by atoms with Crippen molar-refractivity contribution >= 4 is 38.3 Å². The maximum Gasteiger partial charge on any atom is 0.258 e. The maximum absolute atomic E-state index is 13.7. The van der Waals surface area contributed by atoms with Crippen LogP contribution in [0.5, 0.6) is 0 Å². The van der Waals surface area contributed by atoms with Gasteiger partial charge in [-0.3, -0.25) is 4.79 Å². The van der Waals surface area contributed by atoms with Gasteiger partial charge in [-0.05, 0) is 73.3 Å². The van der Waals surface area contributed by atoms with E-state index >= 15 is 0 Å². The average Bonchev–Trinajstić information content (AvgIpc) is 3.57. The molecule has 0 bridgehead atoms. The van der Waals surface area contributed by atoms with E-state index in [2.05, 4.69) is 14.9 Å². The maximum atomic E-state index is 13.7. The third-order valence-corrected chi connectivity index (χ3v) is 9.75. The van der Waals surface area contributed by atoms with Crippen molar-refractivity contribution in [2.45, 2.75) is 50.8 Å².